The molecule has 0 radical (unpaired) electrons. The molecule has 1 aromatic carbocycles. The van der Waals surface area contributed by atoms with Crippen molar-refractivity contribution >= 4 is 23.5 Å². The summed E-state index contributed by atoms with van der Waals surface area (Å²) in [6, 6.07) is 5.42. The minimum atomic E-state index is 0.0873. The molecule has 0 unspecified atom stereocenters. The smallest absolute Gasteiger partial charge is 0.216 e. The number of phenols is 1. The molecule has 0 amide bonds. The third kappa shape index (κ3) is 1.61. The Balaban J connectivity index is 1.74. The molecule has 1 atom stereocenters. The second kappa shape index (κ2) is 4.35. The Morgan fingerprint density at radius 1 is 1.40 bits per heavy atom. The molecule has 2 aliphatic heterocycles. The van der Waals surface area contributed by atoms with Gasteiger partial charge in [0.05, 0.1) is 7.11 Å². The maximum absolute atomic E-state index is 9.70. The topological polar surface area (TPSA) is 63.4 Å². The zero-order valence-electron chi connectivity index (χ0n) is 10.4. The molecule has 0 bridgehead atoms. The van der Waals surface area contributed by atoms with Crippen LogP contribution in [-0.2, 0) is 0 Å². The highest BCUT2D eigenvalue weighted by atomic mass is 32.2. The molecule has 20 heavy (non-hydrogen) atoms. The van der Waals surface area contributed by atoms with Crippen LogP contribution in [0.2, 0.25) is 0 Å². The van der Waals surface area contributed by atoms with Crippen molar-refractivity contribution in [3.8, 4) is 11.5 Å². The van der Waals surface area contributed by atoms with Crippen LogP contribution in [0, 0.1) is 0 Å². The monoisotopic (exact) mass is 306 g/mol. The highest BCUT2D eigenvalue weighted by molar-refractivity contribution is 8.07. The van der Waals surface area contributed by atoms with Crippen molar-refractivity contribution in [3.63, 3.8) is 0 Å². The first-order valence-corrected chi connectivity index (χ1v) is 7.64. The lowest BCUT2D eigenvalue weighted by atomic mass is 10.2. The summed E-state index contributed by atoms with van der Waals surface area (Å²) >= 11 is 3.31. The molecule has 2 aromatic rings. The lowest BCUT2D eigenvalue weighted by Crippen LogP contribution is -2.28. The molecular weight excluding hydrogens is 296 g/mol. The molecule has 4 rings (SSSR count). The molecule has 1 aromatic heterocycles. The number of rotatable bonds is 2. The second-order valence-electron chi connectivity index (χ2n) is 4.28. The predicted molar refractivity (Wildman–Crippen MR) is 77.2 cm³/mol. The molecular formula is C12H10N4O2S2. The van der Waals surface area contributed by atoms with Gasteiger partial charge in [-0.15, -0.1) is 10.2 Å². The lowest BCUT2D eigenvalue weighted by Gasteiger charge is -2.24. The molecule has 0 saturated carbocycles. The van der Waals surface area contributed by atoms with Gasteiger partial charge in [0.25, 0.3) is 0 Å². The minimum absolute atomic E-state index is 0.0873. The average molecular weight is 306 g/mol. The Labute approximate surface area is 123 Å². The Morgan fingerprint density at radius 2 is 2.30 bits per heavy atom. The van der Waals surface area contributed by atoms with Crippen LogP contribution in [0.4, 0.5) is 0 Å². The van der Waals surface area contributed by atoms with Crippen molar-refractivity contribution in [1.82, 2.24) is 14.9 Å². The number of nitrogens with zero attached hydrogens (tertiary/aromatic N) is 4. The van der Waals surface area contributed by atoms with Gasteiger partial charge >= 0.3 is 0 Å². The number of hydrogen-bond donors (Lipinski definition) is 1. The number of hydrogen-bond acceptors (Lipinski definition) is 7. The maximum Gasteiger partial charge on any atom is 0.216 e. The third-order valence-corrected chi connectivity index (χ3v) is 5.37. The number of fused-ring (bicyclic) bond motifs is 3. The summed E-state index contributed by atoms with van der Waals surface area (Å²) in [5.74, 6) is 0.626. The van der Waals surface area contributed by atoms with Crippen LogP contribution in [0.25, 0.3) is 0 Å². The normalized spacial score (nSPS) is 19.8. The molecule has 102 valence electrons. The van der Waals surface area contributed by atoms with Crippen molar-refractivity contribution < 1.29 is 9.84 Å². The van der Waals surface area contributed by atoms with Gasteiger partial charge < -0.3 is 9.84 Å². The van der Waals surface area contributed by atoms with Crippen LogP contribution in [-0.4, -0.2) is 27.1 Å². The summed E-state index contributed by atoms with van der Waals surface area (Å²) in [5, 5.41) is 24.0. The van der Waals surface area contributed by atoms with E-state index in [1.807, 2.05) is 16.8 Å². The van der Waals surface area contributed by atoms with Crippen LogP contribution >= 0.6 is 23.5 Å². The first-order valence-electron chi connectivity index (χ1n) is 5.88. The number of aromatic nitrogens is 3. The van der Waals surface area contributed by atoms with Gasteiger partial charge in [0.2, 0.25) is 5.16 Å². The van der Waals surface area contributed by atoms with Gasteiger partial charge in [0.1, 0.15) is 16.7 Å². The van der Waals surface area contributed by atoms with Gasteiger partial charge in [-0.25, -0.2) is 4.68 Å². The van der Waals surface area contributed by atoms with Gasteiger partial charge in [-0.05, 0) is 29.5 Å². The zero-order chi connectivity index (χ0) is 13.7. The number of methoxy groups -OCH3 is 1. The number of benzene rings is 1. The van der Waals surface area contributed by atoms with Crippen molar-refractivity contribution in [3.05, 3.63) is 40.5 Å². The van der Waals surface area contributed by atoms with E-state index in [1.165, 1.54) is 0 Å². The Bertz CT molecular complexity index is 715. The van der Waals surface area contributed by atoms with E-state index in [9.17, 15) is 5.11 Å². The van der Waals surface area contributed by atoms with Gasteiger partial charge in [0.15, 0.2) is 11.5 Å². The molecule has 1 N–H and O–H groups in total. The molecule has 0 saturated heterocycles. The van der Waals surface area contributed by atoms with E-state index < -0.39 is 0 Å². The minimum Gasteiger partial charge on any atom is -0.504 e. The standard InChI is InChI=1S/C12H10N4O2S2/c1-18-9-4-7(2-3-8(9)17)11-16-10(5-19-11)20-12-14-13-6-15(12)16/h2-6,11,17H,1H3/t11-/m0/s1. The van der Waals surface area contributed by atoms with Crippen molar-refractivity contribution in [2.24, 2.45) is 0 Å². The molecule has 3 heterocycles. The average Bonchev–Trinajstić information content (AvgIpc) is 3.10. The molecule has 0 fully saturated rings. The fourth-order valence-electron chi connectivity index (χ4n) is 2.24. The van der Waals surface area contributed by atoms with Crippen LogP contribution in [0.3, 0.4) is 0 Å². The van der Waals surface area contributed by atoms with Crippen LogP contribution < -0.4 is 9.75 Å². The highest BCUT2D eigenvalue weighted by Gasteiger charge is 2.37. The van der Waals surface area contributed by atoms with E-state index in [0.717, 1.165) is 15.7 Å². The fraction of sp³-hybridized carbons (Fsp3) is 0.167. The fourth-order valence-corrected chi connectivity index (χ4v) is 4.44. The summed E-state index contributed by atoms with van der Waals surface area (Å²) in [4.78, 5) is 0. The number of aromatic hydroxyl groups is 1. The van der Waals surface area contributed by atoms with E-state index in [1.54, 1.807) is 43.0 Å². The molecule has 8 heteroatoms. The first kappa shape index (κ1) is 12.0. The molecule has 0 aliphatic carbocycles. The number of phenolic OH excluding ortho intramolecular Hbond substituents is 1. The zero-order valence-corrected chi connectivity index (χ0v) is 12.1. The van der Waals surface area contributed by atoms with E-state index in [2.05, 4.69) is 20.6 Å². The molecule has 0 spiro atoms. The van der Waals surface area contributed by atoms with Gasteiger partial charge in [-0.2, -0.15) is 0 Å². The summed E-state index contributed by atoms with van der Waals surface area (Å²) in [6.07, 6.45) is 1.71. The van der Waals surface area contributed by atoms with Crippen LogP contribution in [0.5, 0.6) is 11.5 Å². The Hall–Kier alpha value is -1.80. The SMILES string of the molecule is COc1cc([C@@H]2SC=C3Sc4nncn4N32)ccc1O. The molecule has 2 aliphatic rings. The van der Waals surface area contributed by atoms with Crippen molar-refractivity contribution in [2.45, 2.75) is 10.5 Å². The Kier molecular flexibility index (Phi) is 2.61. The maximum atomic E-state index is 9.70. The van der Waals surface area contributed by atoms with Crippen LogP contribution in [0.1, 0.15) is 10.9 Å². The lowest BCUT2D eigenvalue weighted by molar-refractivity contribution is 0.373. The van der Waals surface area contributed by atoms with Crippen molar-refractivity contribution in [2.75, 3.05) is 12.1 Å². The largest absolute Gasteiger partial charge is 0.504 e. The van der Waals surface area contributed by atoms with E-state index >= 15 is 0 Å². The summed E-state index contributed by atoms with van der Waals surface area (Å²) in [5.41, 5.74) is 1.05. The van der Waals surface area contributed by atoms with Crippen molar-refractivity contribution in [1.29, 1.82) is 0 Å². The van der Waals surface area contributed by atoms with Gasteiger partial charge in [-0.1, -0.05) is 17.8 Å². The predicted octanol–water partition coefficient (Wildman–Crippen LogP) is 2.28. The summed E-state index contributed by atoms with van der Waals surface area (Å²) < 4.78 is 7.12. The van der Waals surface area contributed by atoms with E-state index in [0.29, 0.717) is 5.75 Å². The highest BCUT2D eigenvalue weighted by Crippen LogP contribution is 2.51. The van der Waals surface area contributed by atoms with Gasteiger partial charge in [-0.3, -0.25) is 5.01 Å². The number of thioether (sulfide) groups is 2. The molecule has 6 nitrogen and oxygen atoms in total. The van der Waals surface area contributed by atoms with Gasteiger partial charge in [0, 0.05) is 5.41 Å². The van der Waals surface area contributed by atoms with E-state index in [-0.39, 0.29) is 11.1 Å². The summed E-state index contributed by atoms with van der Waals surface area (Å²) in [7, 11) is 1.55. The van der Waals surface area contributed by atoms with Crippen LogP contribution in [0.15, 0.2) is 40.1 Å². The summed E-state index contributed by atoms with van der Waals surface area (Å²) in [6.45, 7) is 0. The number of ether oxygens (including phenoxy) is 1. The quantitative estimate of drug-likeness (QED) is 0.913. The van der Waals surface area contributed by atoms with E-state index in [4.69, 9.17) is 4.74 Å². The third-order valence-electron chi connectivity index (χ3n) is 3.16. The first-order chi connectivity index (χ1) is 9.78. The second-order valence-corrected chi connectivity index (χ2v) is 6.22. The Morgan fingerprint density at radius 3 is 3.15 bits per heavy atom.